The third-order valence-corrected chi connectivity index (χ3v) is 7.07. The molecule has 2 N–H and O–H groups in total. The number of aliphatic hydroxyl groups excluding tert-OH is 1. The molecule has 2 aromatic carbocycles. The molecule has 172 valence electrons. The van der Waals surface area contributed by atoms with Crippen LogP contribution in [-0.2, 0) is 4.79 Å². The molecular formula is C26H29N3O4. The SMILES string of the molecule is COc1cccc(NC(=O)N2CC(=O)N3[C@@H](CO)[C@H](c4ccc(C5=CCCC5)cc4)[C@@H]3C2)c1. The molecule has 7 nitrogen and oxygen atoms in total. The summed E-state index contributed by atoms with van der Waals surface area (Å²) >= 11 is 0. The first-order valence-corrected chi connectivity index (χ1v) is 11.5. The average molecular weight is 448 g/mol. The van der Waals surface area contributed by atoms with Crippen LogP contribution in [-0.4, -0.2) is 65.7 Å². The van der Waals surface area contributed by atoms with E-state index in [0.29, 0.717) is 18.0 Å². The number of fused-ring (bicyclic) bond motifs is 1. The van der Waals surface area contributed by atoms with Gasteiger partial charge < -0.3 is 25.0 Å². The zero-order valence-electron chi connectivity index (χ0n) is 18.7. The highest BCUT2D eigenvalue weighted by Gasteiger charge is 2.54. The van der Waals surface area contributed by atoms with E-state index < -0.39 is 0 Å². The molecule has 0 radical (unpaired) electrons. The predicted octanol–water partition coefficient (Wildman–Crippen LogP) is 3.47. The van der Waals surface area contributed by atoms with E-state index in [9.17, 15) is 14.7 Å². The van der Waals surface area contributed by atoms with Crippen LogP contribution in [0.2, 0.25) is 0 Å². The van der Waals surface area contributed by atoms with E-state index in [1.54, 1.807) is 41.2 Å². The summed E-state index contributed by atoms with van der Waals surface area (Å²) in [4.78, 5) is 29.1. The molecule has 7 heteroatoms. The number of hydrogen-bond acceptors (Lipinski definition) is 4. The second kappa shape index (κ2) is 8.90. The largest absolute Gasteiger partial charge is 0.497 e. The molecule has 0 saturated carbocycles. The van der Waals surface area contributed by atoms with E-state index in [4.69, 9.17) is 4.74 Å². The Morgan fingerprint density at radius 2 is 2.03 bits per heavy atom. The highest BCUT2D eigenvalue weighted by Crippen LogP contribution is 2.43. The maximum absolute atomic E-state index is 12.9. The number of carbonyl (C=O) groups is 2. The van der Waals surface area contributed by atoms with Crippen molar-refractivity contribution >= 4 is 23.2 Å². The van der Waals surface area contributed by atoms with Crippen molar-refractivity contribution in [1.82, 2.24) is 9.80 Å². The molecule has 0 aromatic heterocycles. The van der Waals surface area contributed by atoms with Crippen molar-refractivity contribution < 1.29 is 19.4 Å². The molecule has 33 heavy (non-hydrogen) atoms. The molecule has 2 aliphatic heterocycles. The summed E-state index contributed by atoms with van der Waals surface area (Å²) in [5.74, 6) is 0.517. The van der Waals surface area contributed by atoms with E-state index in [0.717, 1.165) is 18.4 Å². The molecule has 3 atom stereocenters. The Hall–Kier alpha value is -3.32. The van der Waals surface area contributed by atoms with Crippen LogP contribution in [0.3, 0.4) is 0 Å². The van der Waals surface area contributed by atoms with Crippen molar-refractivity contribution in [2.24, 2.45) is 0 Å². The van der Waals surface area contributed by atoms with E-state index in [-0.39, 0.29) is 43.1 Å². The number of carbonyl (C=O) groups excluding carboxylic acids is 2. The minimum Gasteiger partial charge on any atom is -0.497 e. The van der Waals surface area contributed by atoms with Crippen molar-refractivity contribution in [3.8, 4) is 5.75 Å². The third kappa shape index (κ3) is 3.97. The van der Waals surface area contributed by atoms with Crippen molar-refractivity contribution in [2.75, 3.05) is 32.1 Å². The van der Waals surface area contributed by atoms with Crippen LogP contribution in [0.4, 0.5) is 10.5 Å². The maximum Gasteiger partial charge on any atom is 0.322 e. The smallest absolute Gasteiger partial charge is 0.322 e. The number of methoxy groups -OCH3 is 1. The Morgan fingerprint density at radius 3 is 2.73 bits per heavy atom. The fourth-order valence-electron chi connectivity index (χ4n) is 5.41. The van der Waals surface area contributed by atoms with Crippen LogP contribution in [0, 0.1) is 0 Å². The van der Waals surface area contributed by atoms with Crippen LogP contribution in [0.5, 0.6) is 5.75 Å². The van der Waals surface area contributed by atoms with Gasteiger partial charge in [-0.05, 0) is 48.1 Å². The van der Waals surface area contributed by atoms with Crippen LogP contribution in [0.1, 0.15) is 36.3 Å². The minimum absolute atomic E-state index is 0.00187. The van der Waals surface area contributed by atoms with E-state index >= 15 is 0 Å². The molecule has 3 aliphatic rings. The van der Waals surface area contributed by atoms with Crippen LogP contribution < -0.4 is 10.1 Å². The first-order chi connectivity index (χ1) is 16.1. The monoisotopic (exact) mass is 447 g/mol. The molecule has 0 unspecified atom stereocenters. The second-order valence-corrected chi connectivity index (χ2v) is 8.93. The lowest BCUT2D eigenvalue weighted by atomic mass is 9.73. The van der Waals surface area contributed by atoms with Crippen molar-refractivity contribution in [2.45, 2.75) is 37.3 Å². The molecule has 0 spiro atoms. The van der Waals surface area contributed by atoms with Crippen molar-refractivity contribution in [3.63, 3.8) is 0 Å². The fraction of sp³-hybridized carbons (Fsp3) is 0.385. The molecule has 1 aliphatic carbocycles. The predicted molar refractivity (Wildman–Crippen MR) is 126 cm³/mol. The summed E-state index contributed by atoms with van der Waals surface area (Å²) < 4.78 is 5.21. The zero-order chi connectivity index (χ0) is 22.9. The van der Waals surface area contributed by atoms with Crippen LogP contribution >= 0.6 is 0 Å². The van der Waals surface area contributed by atoms with Gasteiger partial charge in [-0.3, -0.25) is 4.79 Å². The first-order valence-electron chi connectivity index (χ1n) is 11.5. The fourth-order valence-corrected chi connectivity index (χ4v) is 5.41. The zero-order valence-corrected chi connectivity index (χ0v) is 18.7. The Labute approximate surface area is 193 Å². The number of urea groups is 1. The number of piperazine rings is 1. The number of hydrogen-bond donors (Lipinski definition) is 2. The normalized spacial score (nSPS) is 24.1. The first kappa shape index (κ1) is 21.5. The topological polar surface area (TPSA) is 82.1 Å². The number of aliphatic hydroxyl groups is 1. The highest BCUT2D eigenvalue weighted by atomic mass is 16.5. The van der Waals surface area contributed by atoms with E-state index in [1.165, 1.54) is 17.6 Å². The number of nitrogens with one attached hydrogen (secondary N) is 1. The molecule has 2 aromatic rings. The summed E-state index contributed by atoms with van der Waals surface area (Å²) in [5.41, 5.74) is 4.35. The number of amides is 3. The molecule has 5 rings (SSSR count). The number of ether oxygens (including phenoxy) is 1. The summed E-state index contributed by atoms with van der Waals surface area (Å²) in [5, 5.41) is 12.9. The highest BCUT2D eigenvalue weighted by molar-refractivity contribution is 5.94. The Balaban J connectivity index is 1.32. The van der Waals surface area contributed by atoms with E-state index in [2.05, 4.69) is 35.7 Å². The summed E-state index contributed by atoms with van der Waals surface area (Å²) in [6, 6.07) is 14.9. The van der Waals surface area contributed by atoms with Gasteiger partial charge in [0.15, 0.2) is 0 Å². The lowest BCUT2D eigenvalue weighted by Gasteiger charge is -2.58. The van der Waals surface area contributed by atoms with E-state index in [1.807, 2.05) is 0 Å². The third-order valence-electron chi connectivity index (χ3n) is 7.07. The lowest BCUT2D eigenvalue weighted by molar-refractivity contribution is -0.159. The Morgan fingerprint density at radius 1 is 1.21 bits per heavy atom. The van der Waals surface area contributed by atoms with Gasteiger partial charge in [0, 0.05) is 24.2 Å². The molecule has 3 amide bonds. The number of nitrogens with zero attached hydrogens (tertiary/aromatic N) is 2. The van der Waals surface area contributed by atoms with Gasteiger partial charge in [0.1, 0.15) is 12.3 Å². The minimum atomic E-state index is -0.314. The van der Waals surface area contributed by atoms with Gasteiger partial charge in [-0.15, -0.1) is 0 Å². The van der Waals surface area contributed by atoms with Crippen molar-refractivity contribution in [1.29, 1.82) is 0 Å². The summed E-state index contributed by atoms with van der Waals surface area (Å²) in [6.07, 6.45) is 5.76. The number of anilines is 1. The standard InChI is InChI=1S/C26H29N3O4/c1-33-21-8-4-7-20(13-21)27-26(32)28-14-22-25(23(16-30)29(22)24(31)15-28)19-11-9-18(10-12-19)17-5-2-3-6-17/h4-5,7-13,22-23,25,30H,2-3,6,14-16H2,1H3,(H,27,32)/t22-,23-,25+/m0/s1. The van der Waals surface area contributed by atoms with Gasteiger partial charge in [-0.1, -0.05) is 36.4 Å². The Bertz CT molecular complexity index is 1080. The molecular weight excluding hydrogens is 418 g/mol. The summed E-state index contributed by atoms with van der Waals surface area (Å²) in [6.45, 7) is 0.341. The second-order valence-electron chi connectivity index (χ2n) is 8.93. The molecule has 0 bridgehead atoms. The number of allylic oxidation sites excluding steroid dienone is 2. The van der Waals surface area contributed by atoms with Crippen LogP contribution in [0.25, 0.3) is 5.57 Å². The number of rotatable bonds is 5. The van der Waals surface area contributed by atoms with Gasteiger partial charge >= 0.3 is 6.03 Å². The maximum atomic E-state index is 12.9. The van der Waals surface area contributed by atoms with Gasteiger partial charge in [-0.25, -0.2) is 4.79 Å². The molecule has 2 saturated heterocycles. The summed E-state index contributed by atoms with van der Waals surface area (Å²) in [7, 11) is 1.57. The van der Waals surface area contributed by atoms with Gasteiger partial charge in [-0.2, -0.15) is 0 Å². The Kier molecular flexibility index (Phi) is 5.81. The van der Waals surface area contributed by atoms with Gasteiger partial charge in [0.25, 0.3) is 0 Å². The lowest BCUT2D eigenvalue weighted by Crippen LogP contribution is -2.73. The quantitative estimate of drug-likeness (QED) is 0.736. The molecule has 2 fully saturated rings. The van der Waals surface area contributed by atoms with Gasteiger partial charge in [0.05, 0.1) is 25.8 Å². The van der Waals surface area contributed by atoms with Crippen molar-refractivity contribution in [3.05, 3.63) is 65.7 Å². The average Bonchev–Trinajstić information content (AvgIpc) is 3.36. The number of benzene rings is 2. The van der Waals surface area contributed by atoms with Gasteiger partial charge in [0.2, 0.25) is 5.91 Å². The van der Waals surface area contributed by atoms with Crippen LogP contribution in [0.15, 0.2) is 54.6 Å². The molecule has 2 heterocycles.